The number of unbranched alkanes of at least 4 members (excludes halogenated alkanes) is 50. The second-order valence-electron chi connectivity index (χ2n) is 23.2. The average molecular weight is 1040 g/mol. The Morgan fingerprint density at radius 3 is 0.959 bits per heavy atom. The first-order valence-electron chi connectivity index (χ1n) is 33.6. The van der Waals surface area contributed by atoms with Gasteiger partial charge in [0.1, 0.15) is 0 Å². The van der Waals surface area contributed by atoms with E-state index in [9.17, 15) is 19.8 Å². The first kappa shape index (κ1) is 72.3. The Morgan fingerprint density at radius 1 is 0.365 bits per heavy atom. The van der Waals surface area contributed by atoms with Crippen molar-refractivity contribution in [3.8, 4) is 0 Å². The molecule has 0 aliphatic rings. The SMILES string of the molecule is CCCCCCCCCCCCC/C=C/C(O)C(CO)NC(=O)CCCCCCCCCCCCCC/C=C\CCCCCCCCCCCCCCOC(=O)CCCCCCCCCCCCCCCCCC. The fourth-order valence-electron chi connectivity index (χ4n) is 10.6. The topological polar surface area (TPSA) is 95.9 Å². The Kier molecular flexibility index (Phi) is 62.4. The standard InChI is InChI=1S/C68H131NO5/c1-3-5-7-9-11-13-15-17-18-34-38-42-46-50-54-58-62-68(73)74-63-59-55-51-47-43-39-35-32-30-28-26-24-22-20-19-21-23-25-27-29-31-33-37-41-45-49-53-57-61-67(72)69-65(64-70)66(71)60-56-52-48-44-40-36-16-14-12-10-8-6-4-2/h19-20,56,60,65-66,70-71H,3-18,21-55,57-59,61-64H2,1-2H3,(H,69,72)/b20-19-,60-56+. The van der Waals surface area contributed by atoms with Crippen LogP contribution in [0, 0.1) is 0 Å². The molecular formula is C68H131NO5. The van der Waals surface area contributed by atoms with Gasteiger partial charge in [-0.3, -0.25) is 9.59 Å². The molecule has 0 saturated heterocycles. The molecule has 0 aromatic carbocycles. The molecule has 1 amide bonds. The first-order valence-corrected chi connectivity index (χ1v) is 33.6. The highest BCUT2D eigenvalue weighted by Crippen LogP contribution is 2.18. The minimum absolute atomic E-state index is 0.0194. The molecule has 0 aliphatic heterocycles. The predicted octanol–water partition coefficient (Wildman–Crippen LogP) is 21.4. The number of esters is 1. The van der Waals surface area contributed by atoms with E-state index in [4.69, 9.17) is 4.74 Å². The third kappa shape index (κ3) is 59.6. The van der Waals surface area contributed by atoms with Crippen LogP contribution in [-0.2, 0) is 14.3 Å². The molecule has 0 saturated carbocycles. The largest absolute Gasteiger partial charge is 0.466 e. The molecule has 2 atom stereocenters. The van der Waals surface area contributed by atoms with Gasteiger partial charge >= 0.3 is 5.97 Å². The Labute approximate surface area is 462 Å². The number of carbonyl (C=O) groups is 2. The summed E-state index contributed by atoms with van der Waals surface area (Å²) < 4.78 is 5.50. The van der Waals surface area contributed by atoms with E-state index in [2.05, 4.69) is 31.3 Å². The number of hydrogen-bond acceptors (Lipinski definition) is 5. The van der Waals surface area contributed by atoms with Crippen LogP contribution in [-0.4, -0.2) is 47.4 Å². The third-order valence-corrected chi connectivity index (χ3v) is 15.7. The van der Waals surface area contributed by atoms with Gasteiger partial charge in [-0.15, -0.1) is 0 Å². The number of carbonyl (C=O) groups excluding carboxylic acids is 2. The Balaban J connectivity index is 3.37. The molecule has 74 heavy (non-hydrogen) atoms. The fourth-order valence-corrected chi connectivity index (χ4v) is 10.6. The lowest BCUT2D eigenvalue weighted by Gasteiger charge is -2.20. The zero-order valence-corrected chi connectivity index (χ0v) is 50.1. The average Bonchev–Trinajstić information content (AvgIpc) is 3.40. The number of aliphatic hydroxyl groups excluding tert-OH is 2. The summed E-state index contributed by atoms with van der Waals surface area (Å²) in [5.41, 5.74) is 0. The first-order chi connectivity index (χ1) is 36.5. The van der Waals surface area contributed by atoms with Gasteiger partial charge < -0.3 is 20.3 Å². The highest BCUT2D eigenvalue weighted by Gasteiger charge is 2.18. The molecule has 0 rings (SSSR count). The highest BCUT2D eigenvalue weighted by molar-refractivity contribution is 5.76. The number of amides is 1. The van der Waals surface area contributed by atoms with E-state index in [0.717, 1.165) is 38.5 Å². The van der Waals surface area contributed by atoms with E-state index in [1.807, 2.05) is 6.08 Å². The summed E-state index contributed by atoms with van der Waals surface area (Å²) in [7, 11) is 0. The number of hydrogen-bond donors (Lipinski definition) is 3. The number of aliphatic hydroxyl groups is 2. The molecule has 0 fully saturated rings. The second-order valence-corrected chi connectivity index (χ2v) is 23.2. The molecule has 2 unspecified atom stereocenters. The maximum atomic E-state index is 12.5. The molecule has 0 heterocycles. The zero-order valence-electron chi connectivity index (χ0n) is 50.1. The minimum Gasteiger partial charge on any atom is -0.466 e. The third-order valence-electron chi connectivity index (χ3n) is 15.7. The molecule has 0 aliphatic carbocycles. The fraction of sp³-hybridized carbons (Fsp3) is 0.912. The van der Waals surface area contributed by atoms with Crippen molar-refractivity contribution in [2.45, 2.75) is 386 Å². The van der Waals surface area contributed by atoms with Crippen molar-refractivity contribution in [2.24, 2.45) is 0 Å². The van der Waals surface area contributed by atoms with Gasteiger partial charge in [-0.25, -0.2) is 0 Å². The van der Waals surface area contributed by atoms with Crippen LogP contribution in [0.15, 0.2) is 24.3 Å². The van der Waals surface area contributed by atoms with Gasteiger partial charge in [0.05, 0.1) is 25.4 Å². The molecule has 0 radical (unpaired) electrons. The van der Waals surface area contributed by atoms with Crippen molar-refractivity contribution in [1.29, 1.82) is 0 Å². The maximum absolute atomic E-state index is 12.5. The van der Waals surface area contributed by atoms with Crippen LogP contribution < -0.4 is 5.32 Å². The number of allylic oxidation sites excluding steroid dienone is 3. The summed E-state index contributed by atoms with van der Waals surface area (Å²) in [4.78, 5) is 24.5. The quantitative estimate of drug-likeness (QED) is 0.0320. The van der Waals surface area contributed by atoms with Gasteiger partial charge in [-0.05, 0) is 57.8 Å². The second kappa shape index (κ2) is 63.9. The van der Waals surface area contributed by atoms with E-state index >= 15 is 0 Å². The lowest BCUT2D eigenvalue weighted by molar-refractivity contribution is -0.143. The molecule has 3 N–H and O–H groups in total. The zero-order chi connectivity index (χ0) is 53.6. The molecule has 6 heteroatoms. The summed E-state index contributed by atoms with van der Waals surface area (Å²) in [5, 5.41) is 23.1. The van der Waals surface area contributed by atoms with Crippen molar-refractivity contribution in [3.05, 3.63) is 24.3 Å². The number of ether oxygens (including phenoxy) is 1. The molecule has 438 valence electrons. The van der Waals surface area contributed by atoms with Crippen molar-refractivity contribution in [2.75, 3.05) is 13.2 Å². The summed E-state index contributed by atoms with van der Waals surface area (Å²) in [6.45, 7) is 4.93. The minimum atomic E-state index is -0.843. The molecule has 6 nitrogen and oxygen atoms in total. The molecule has 0 aromatic rings. The van der Waals surface area contributed by atoms with Gasteiger partial charge in [-0.1, -0.05) is 327 Å². The van der Waals surface area contributed by atoms with Crippen LogP contribution >= 0.6 is 0 Å². The van der Waals surface area contributed by atoms with Gasteiger partial charge in [0.25, 0.3) is 0 Å². The van der Waals surface area contributed by atoms with Gasteiger partial charge in [0.2, 0.25) is 5.91 Å². The smallest absolute Gasteiger partial charge is 0.305 e. The molecular weight excluding hydrogens is 911 g/mol. The van der Waals surface area contributed by atoms with Crippen molar-refractivity contribution in [1.82, 2.24) is 5.32 Å². The highest BCUT2D eigenvalue weighted by atomic mass is 16.5. The normalized spacial score (nSPS) is 12.6. The summed E-state index contributed by atoms with van der Waals surface area (Å²) >= 11 is 0. The lowest BCUT2D eigenvalue weighted by Crippen LogP contribution is -2.45. The van der Waals surface area contributed by atoms with Crippen molar-refractivity contribution in [3.63, 3.8) is 0 Å². The predicted molar refractivity (Wildman–Crippen MR) is 324 cm³/mol. The van der Waals surface area contributed by atoms with E-state index in [0.29, 0.717) is 19.4 Å². The number of rotatable bonds is 63. The van der Waals surface area contributed by atoms with Crippen LogP contribution in [0.4, 0.5) is 0 Å². The van der Waals surface area contributed by atoms with E-state index in [1.165, 1.54) is 308 Å². The van der Waals surface area contributed by atoms with Crippen molar-refractivity contribution < 1.29 is 24.5 Å². The van der Waals surface area contributed by atoms with Gasteiger partial charge in [-0.2, -0.15) is 0 Å². The van der Waals surface area contributed by atoms with Crippen LogP contribution in [0.1, 0.15) is 373 Å². The maximum Gasteiger partial charge on any atom is 0.305 e. The van der Waals surface area contributed by atoms with Crippen molar-refractivity contribution >= 4 is 11.9 Å². The summed E-state index contributed by atoms with van der Waals surface area (Å²) in [5.74, 6) is -0.0473. The molecule has 0 bridgehead atoms. The van der Waals surface area contributed by atoms with Crippen LogP contribution in [0.5, 0.6) is 0 Å². The Hall–Kier alpha value is -1.66. The Morgan fingerprint density at radius 2 is 0.635 bits per heavy atom. The van der Waals surface area contributed by atoms with Gasteiger partial charge in [0, 0.05) is 12.8 Å². The van der Waals surface area contributed by atoms with Gasteiger partial charge in [0.15, 0.2) is 0 Å². The summed E-state index contributed by atoms with van der Waals surface area (Å²) in [6.07, 6.45) is 79.6. The van der Waals surface area contributed by atoms with E-state index in [1.54, 1.807) is 6.08 Å². The molecule has 0 spiro atoms. The Bertz CT molecular complexity index is 1150. The lowest BCUT2D eigenvalue weighted by atomic mass is 10.0. The number of nitrogens with one attached hydrogen (secondary N) is 1. The summed E-state index contributed by atoms with van der Waals surface area (Å²) in [6, 6.07) is -0.627. The van der Waals surface area contributed by atoms with Crippen LogP contribution in [0.3, 0.4) is 0 Å². The van der Waals surface area contributed by atoms with E-state index in [-0.39, 0.29) is 18.5 Å². The molecule has 0 aromatic heterocycles. The van der Waals surface area contributed by atoms with E-state index < -0.39 is 12.1 Å². The monoisotopic (exact) mass is 1040 g/mol. The van der Waals surface area contributed by atoms with Crippen LogP contribution in [0.25, 0.3) is 0 Å². The van der Waals surface area contributed by atoms with Crippen LogP contribution in [0.2, 0.25) is 0 Å².